The van der Waals surface area contributed by atoms with E-state index in [-0.39, 0.29) is 29.4 Å². The zero-order valence-electron chi connectivity index (χ0n) is 18.0. The molecule has 0 saturated heterocycles. The van der Waals surface area contributed by atoms with Crippen molar-refractivity contribution < 1.29 is 14.4 Å². The van der Waals surface area contributed by atoms with Gasteiger partial charge in [0.2, 0.25) is 5.75 Å². The number of hydrogen-bond acceptors (Lipinski definition) is 6. The highest BCUT2D eigenvalue weighted by atomic mass is 16.6. The van der Waals surface area contributed by atoms with Crippen LogP contribution in [0, 0.1) is 28.4 Å². The van der Waals surface area contributed by atoms with Crippen molar-refractivity contribution in [2.24, 2.45) is 0 Å². The molecule has 0 aliphatic carbocycles. The molecule has 1 aromatic heterocycles. The van der Waals surface area contributed by atoms with Crippen molar-refractivity contribution in [3.63, 3.8) is 0 Å². The number of imidazole rings is 1. The molecular formula is C25H20N4O4. The third-order valence-electron chi connectivity index (χ3n) is 5.02. The number of aryl methyl sites for hydroxylation is 1. The van der Waals surface area contributed by atoms with Crippen molar-refractivity contribution >= 4 is 28.4 Å². The summed E-state index contributed by atoms with van der Waals surface area (Å²) in [6.07, 6.45) is 1.53. The molecule has 1 heterocycles. The molecule has 4 rings (SSSR count). The lowest BCUT2D eigenvalue weighted by atomic mass is 10.1. The number of methoxy groups -OCH3 is 1. The van der Waals surface area contributed by atoms with Crippen LogP contribution in [0.25, 0.3) is 22.7 Å². The Bertz CT molecular complexity index is 1380. The van der Waals surface area contributed by atoms with E-state index in [0.717, 1.165) is 22.2 Å². The van der Waals surface area contributed by atoms with Crippen LogP contribution in [-0.4, -0.2) is 22.0 Å². The molecule has 0 radical (unpaired) electrons. The molecule has 0 fully saturated rings. The molecule has 0 amide bonds. The maximum atomic E-state index is 11.8. The molecule has 0 aliphatic rings. The number of nitro groups is 1. The molecular weight excluding hydrogens is 420 g/mol. The molecule has 8 heteroatoms. The molecule has 3 aromatic carbocycles. The fourth-order valence-corrected chi connectivity index (χ4v) is 3.48. The fraction of sp³-hybridized carbons (Fsp3) is 0.120. The van der Waals surface area contributed by atoms with Gasteiger partial charge < -0.3 is 14.5 Å². The van der Waals surface area contributed by atoms with E-state index in [1.165, 1.54) is 19.3 Å². The molecule has 0 atom stereocenters. The highest BCUT2D eigenvalue weighted by molar-refractivity contribution is 5.91. The first-order chi connectivity index (χ1) is 16.0. The zero-order valence-corrected chi connectivity index (χ0v) is 18.0. The highest BCUT2D eigenvalue weighted by Crippen LogP contribution is 2.39. The maximum absolute atomic E-state index is 11.8. The van der Waals surface area contributed by atoms with E-state index in [9.17, 15) is 15.4 Å². The summed E-state index contributed by atoms with van der Waals surface area (Å²) in [7, 11) is 1.41. The number of aromatic nitrogens is 2. The Balaban J connectivity index is 1.72. The van der Waals surface area contributed by atoms with Crippen LogP contribution < -0.4 is 9.47 Å². The second kappa shape index (κ2) is 9.24. The topological polar surface area (TPSA) is 114 Å². The van der Waals surface area contributed by atoms with Gasteiger partial charge in [-0.3, -0.25) is 10.1 Å². The molecule has 0 unspecified atom stereocenters. The minimum Gasteiger partial charge on any atom is -0.493 e. The minimum atomic E-state index is -0.529. The van der Waals surface area contributed by atoms with Gasteiger partial charge in [0, 0.05) is 6.07 Å². The van der Waals surface area contributed by atoms with E-state index in [4.69, 9.17) is 9.47 Å². The third-order valence-corrected chi connectivity index (χ3v) is 5.02. The maximum Gasteiger partial charge on any atom is 0.315 e. The molecule has 0 spiro atoms. The number of fused-ring (bicyclic) bond motifs is 1. The number of para-hydroxylation sites is 2. The average molecular weight is 440 g/mol. The second-order valence-corrected chi connectivity index (χ2v) is 7.38. The van der Waals surface area contributed by atoms with Gasteiger partial charge in [-0.1, -0.05) is 42.0 Å². The van der Waals surface area contributed by atoms with E-state index in [0.29, 0.717) is 11.4 Å². The number of nitrogens with zero attached hydrogens (tertiary/aromatic N) is 3. The van der Waals surface area contributed by atoms with Gasteiger partial charge in [0.25, 0.3) is 0 Å². The zero-order chi connectivity index (χ0) is 23.4. The average Bonchev–Trinajstić information content (AvgIpc) is 3.25. The number of ether oxygens (including phenoxy) is 2. The summed E-state index contributed by atoms with van der Waals surface area (Å²) in [5, 5.41) is 21.5. The highest BCUT2D eigenvalue weighted by Gasteiger charge is 2.22. The van der Waals surface area contributed by atoms with Crippen LogP contribution in [0.5, 0.6) is 11.5 Å². The number of rotatable bonds is 7. The van der Waals surface area contributed by atoms with Gasteiger partial charge in [-0.15, -0.1) is 0 Å². The Labute approximate surface area is 189 Å². The van der Waals surface area contributed by atoms with Crippen molar-refractivity contribution in [3.8, 4) is 17.6 Å². The number of H-pyrrole nitrogens is 1. The Morgan fingerprint density at radius 3 is 2.73 bits per heavy atom. The molecule has 33 heavy (non-hydrogen) atoms. The first kappa shape index (κ1) is 21.6. The number of aromatic amines is 1. The standard InChI is InChI=1S/C25H20N4O4/c1-16-6-5-7-17(10-16)15-33-24-22(29(30)31)12-18(13-23(24)32-2)11-19(14-26)25-27-20-8-3-4-9-21(20)28-25/h3-13H,15H2,1-2H3,(H,27,28)/b19-11-. The SMILES string of the molecule is COc1cc(/C=C(/C#N)c2nc3ccccc3[nH]2)cc([N+](=O)[O-])c1OCc1cccc(C)c1. The van der Waals surface area contributed by atoms with Gasteiger partial charge in [-0.25, -0.2) is 4.98 Å². The first-order valence-electron chi connectivity index (χ1n) is 10.1. The quantitative estimate of drug-likeness (QED) is 0.233. The number of hydrogen-bond donors (Lipinski definition) is 1. The lowest BCUT2D eigenvalue weighted by Gasteiger charge is -2.12. The molecule has 0 saturated carbocycles. The molecule has 164 valence electrons. The summed E-state index contributed by atoms with van der Waals surface area (Å²) in [4.78, 5) is 18.8. The summed E-state index contributed by atoms with van der Waals surface area (Å²) in [6, 6.07) is 20.2. The fourth-order valence-electron chi connectivity index (χ4n) is 3.48. The molecule has 4 aromatic rings. The Hall–Kier alpha value is -4.64. The van der Waals surface area contributed by atoms with Crippen LogP contribution in [0.2, 0.25) is 0 Å². The van der Waals surface area contributed by atoms with E-state index in [2.05, 4.69) is 16.0 Å². The predicted octanol–water partition coefficient (Wildman–Crippen LogP) is 5.43. The predicted molar refractivity (Wildman–Crippen MR) is 125 cm³/mol. The largest absolute Gasteiger partial charge is 0.493 e. The van der Waals surface area contributed by atoms with E-state index in [1.54, 1.807) is 6.07 Å². The number of allylic oxidation sites excluding steroid dienone is 1. The van der Waals surface area contributed by atoms with Crippen molar-refractivity contribution in [2.75, 3.05) is 7.11 Å². The summed E-state index contributed by atoms with van der Waals surface area (Å²) in [5.74, 6) is 0.605. The van der Waals surface area contributed by atoms with Crippen molar-refractivity contribution in [2.45, 2.75) is 13.5 Å². The van der Waals surface area contributed by atoms with Crippen molar-refractivity contribution in [1.82, 2.24) is 9.97 Å². The number of benzene rings is 3. The summed E-state index contributed by atoms with van der Waals surface area (Å²) in [6.45, 7) is 2.11. The second-order valence-electron chi connectivity index (χ2n) is 7.38. The Morgan fingerprint density at radius 2 is 2.03 bits per heavy atom. The molecule has 0 aliphatic heterocycles. The third kappa shape index (κ3) is 4.67. The first-order valence-corrected chi connectivity index (χ1v) is 10.1. The van der Waals surface area contributed by atoms with Crippen LogP contribution in [-0.2, 0) is 6.61 Å². The van der Waals surface area contributed by atoms with Crippen LogP contribution in [0.15, 0.2) is 60.7 Å². The normalized spacial score (nSPS) is 11.2. The van der Waals surface area contributed by atoms with Crippen LogP contribution in [0.1, 0.15) is 22.5 Å². The van der Waals surface area contributed by atoms with Gasteiger partial charge in [-0.2, -0.15) is 5.26 Å². The number of nitro benzene ring substituents is 1. The number of nitrogens with one attached hydrogen (secondary N) is 1. The van der Waals surface area contributed by atoms with Crippen molar-refractivity contribution in [1.29, 1.82) is 5.26 Å². The van der Waals surface area contributed by atoms with Gasteiger partial charge in [0.05, 0.1) is 28.6 Å². The van der Waals surface area contributed by atoms with E-state index in [1.807, 2.05) is 55.5 Å². The minimum absolute atomic E-state index is 0.0309. The lowest BCUT2D eigenvalue weighted by Crippen LogP contribution is -2.02. The molecule has 1 N–H and O–H groups in total. The van der Waals surface area contributed by atoms with Gasteiger partial charge in [0.15, 0.2) is 5.75 Å². The molecule has 0 bridgehead atoms. The molecule has 8 nitrogen and oxygen atoms in total. The Morgan fingerprint density at radius 1 is 1.21 bits per heavy atom. The van der Waals surface area contributed by atoms with Crippen LogP contribution in [0.3, 0.4) is 0 Å². The van der Waals surface area contributed by atoms with Crippen LogP contribution in [0.4, 0.5) is 5.69 Å². The van der Waals surface area contributed by atoms with E-state index < -0.39 is 4.92 Å². The van der Waals surface area contributed by atoms with Gasteiger partial charge >= 0.3 is 5.69 Å². The summed E-state index contributed by atoms with van der Waals surface area (Å²) >= 11 is 0. The smallest absolute Gasteiger partial charge is 0.315 e. The summed E-state index contributed by atoms with van der Waals surface area (Å²) in [5.41, 5.74) is 3.85. The van der Waals surface area contributed by atoms with Crippen molar-refractivity contribution in [3.05, 3.63) is 93.3 Å². The Kier molecular flexibility index (Phi) is 6.04. The monoisotopic (exact) mass is 440 g/mol. The summed E-state index contributed by atoms with van der Waals surface area (Å²) < 4.78 is 11.2. The lowest BCUT2D eigenvalue weighted by molar-refractivity contribution is -0.386. The van der Waals surface area contributed by atoms with Gasteiger partial charge in [-0.05, 0) is 42.3 Å². The van der Waals surface area contributed by atoms with Gasteiger partial charge in [0.1, 0.15) is 18.5 Å². The number of nitriles is 1. The van der Waals surface area contributed by atoms with E-state index >= 15 is 0 Å². The van der Waals surface area contributed by atoms with Crippen LogP contribution >= 0.6 is 0 Å².